The summed E-state index contributed by atoms with van der Waals surface area (Å²) in [5.41, 5.74) is 3.32. The number of nitrogens with zero attached hydrogens (tertiary/aromatic N) is 1. The van der Waals surface area contributed by atoms with E-state index in [0.29, 0.717) is 0 Å². The highest BCUT2D eigenvalue weighted by molar-refractivity contribution is 5.51. The number of hydrogen-bond acceptors (Lipinski definition) is 3. The lowest BCUT2D eigenvalue weighted by Gasteiger charge is -2.46. The van der Waals surface area contributed by atoms with E-state index in [1.807, 2.05) is 0 Å². The zero-order valence-electron chi connectivity index (χ0n) is 13.9. The van der Waals surface area contributed by atoms with Gasteiger partial charge in [0.25, 0.3) is 0 Å². The monoisotopic (exact) mass is 301 g/mol. The number of ether oxygens (including phenoxy) is 2. The number of aryl methyl sites for hydroxylation is 1. The summed E-state index contributed by atoms with van der Waals surface area (Å²) in [6.45, 7) is 2.52. The van der Waals surface area contributed by atoms with Crippen LogP contribution in [-0.4, -0.2) is 32.2 Å². The average molecular weight is 301 g/mol. The molecule has 0 unspecified atom stereocenters. The third-order valence-corrected chi connectivity index (χ3v) is 6.30. The SMILES string of the molecule is COc1cc2c(cc1OC)[C@]13CCCC[C@H]1CCN3CCC2. The van der Waals surface area contributed by atoms with Crippen LogP contribution in [0.4, 0.5) is 0 Å². The molecular weight excluding hydrogens is 274 g/mol. The Hall–Kier alpha value is -1.22. The van der Waals surface area contributed by atoms with Gasteiger partial charge in [-0.15, -0.1) is 0 Å². The molecule has 2 aliphatic heterocycles. The molecule has 1 aromatic rings. The van der Waals surface area contributed by atoms with Crippen LogP contribution in [0.3, 0.4) is 0 Å². The molecule has 4 rings (SSSR count). The third-order valence-electron chi connectivity index (χ3n) is 6.30. The minimum atomic E-state index is 0.281. The lowest BCUT2D eigenvalue weighted by molar-refractivity contribution is 0.0633. The Labute approximate surface area is 133 Å². The summed E-state index contributed by atoms with van der Waals surface area (Å²) in [5.74, 6) is 2.61. The highest BCUT2D eigenvalue weighted by Gasteiger charge is 2.52. The minimum Gasteiger partial charge on any atom is -0.493 e. The predicted octanol–water partition coefficient (Wildman–Crippen LogP) is 3.74. The summed E-state index contributed by atoms with van der Waals surface area (Å²) in [5, 5.41) is 0. The summed E-state index contributed by atoms with van der Waals surface area (Å²) < 4.78 is 11.2. The van der Waals surface area contributed by atoms with Crippen LogP contribution in [0.1, 0.15) is 49.7 Å². The van der Waals surface area contributed by atoms with Gasteiger partial charge in [-0.05, 0) is 74.4 Å². The van der Waals surface area contributed by atoms with Crippen LogP contribution in [0.15, 0.2) is 12.1 Å². The molecular formula is C19H27NO2. The van der Waals surface area contributed by atoms with Gasteiger partial charge in [0.15, 0.2) is 11.5 Å². The van der Waals surface area contributed by atoms with Gasteiger partial charge in [0.2, 0.25) is 0 Å². The number of methoxy groups -OCH3 is 2. The van der Waals surface area contributed by atoms with E-state index in [9.17, 15) is 0 Å². The summed E-state index contributed by atoms with van der Waals surface area (Å²) in [4.78, 5) is 2.80. The number of hydrogen-bond donors (Lipinski definition) is 0. The van der Waals surface area contributed by atoms with Crippen LogP contribution in [0.5, 0.6) is 11.5 Å². The average Bonchev–Trinajstić information content (AvgIpc) is 2.87. The molecule has 1 saturated heterocycles. The second kappa shape index (κ2) is 5.45. The van der Waals surface area contributed by atoms with Gasteiger partial charge in [-0.3, -0.25) is 4.90 Å². The van der Waals surface area contributed by atoms with Crippen molar-refractivity contribution in [2.45, 2.75) is 50.5 Å². The fourth-order valence-electron chi connectivity index (χ4n) is 5.37. The van der Waals surface area contributed by atoms with Gasteiger partial charge in [-0.2, -0.15) is 0 Å². The Morgan fingerprint density at radius 3 is 2.64 bits per heavy atom. The Balaban J connectivity index is 1.90. The van der Waals surface area contributed by atoms with Crippen LogP contribution < -0.4 is 9.47 Å². The van der Waals surface area contributed by atoms with E-state index >= 15 is 0 Å². The van der Waals surface area contributed by atoms with Crippen molar-refractivity contribution in [3.63, 3.8) is 0 Å². The maximum Gasteiger partial charge on any atom is 0.161 e. The second-order valence-corrected chi connectivity index (χ2v) is 7.11. The molecule has 3 heteroatoms. The summed E-state index contributed by atoms with van der Waals surface area (Å²) in [6, 6.07) is 4.55. The zero-order valence-corrected chi connectivity index (χ0v) is 13.9. The van der Waals surface area contributed by atoms with Crippen molar-refractivity contribution < 1.29 is 9.47 Å². The first kappa shape index (κ1) is 14.4. The molecule has 0 radical (unpaired) electrons. The lowest BCUT2D eigenvalue weighted by atomic mass is 9.68. The van der Waals surface area contributed by atoms with Crippen LogP contribution in [-0.2, 0) is 12.0 Å². The first-order valence-electron chi connectivity index (χ1n) is 8.80. The predicted molar refractivity (Wildman–Crippen MR) is 87.7 cm³/mol. The standard InChI is InChI=1S/C19H27NO2/c1-21-17-12-14-6-5-10-20-11-8-15-7-3-4-9-19(15,20)16(14)13-18(17)22-2/h12-13,15H,3-11H2,1-2H3/t15-,19-/m0/s1. The van der Waals surface area contributed by atoms with E-state index in [4.69, 9.17) is 9.47 Å². The van der Waals surface area contributed by atoms with Crippen molar-refractivity contribution in [1.82, 2.24) is 4.90 Å². The fraction of sp³-hybridized carbons (Fsp3) is 0.684. The topological polar surface area (TPSA) is 21.7 Å². The minimum absolute atomic E-state index is 0.281. The lowest BCUT2D eigenvalue weighted by Crippen LogP contribution is -2.46. The van der Waals surface area contributed by atoms with Gasteiger partial charge in [-0.1, -0.05) is 12.8 Å². The van der Waals surface area contributed by atoms with Gasteiger partial charge in [0.1, 0.15) is 0 Å². The molecule has 1 aromatic carbocycles. The number of benzene rings is 1. The highest BCUT2D eigenvalue weighted by Crippen LogP contribution is 2.55. The highest BCUT2D eigenvalue weighted by atomic mass is 16.5. The molecule has 3 nitrogen and oxygen atoms in total. The summed E-state index contributed by atoms with van der Waals surface area (Å²) in [7, 11) is 3.49. The molecule has 0 aromatic heterocycles. The van der Waals surface area contributed by atoms with Crippen LogP contribution >= 0.6 is 0 Å². The van der Waals surface area contributed by atoms with Crippen LogP contribution in [0.2, 0.25) is 0 Å². The maximum atomic E-state index is 5.62. The van der Waals surface area contributed by atoms with E-state index < -0.39 is 0 Å². The molecule has 22 heavy (non-hydrogen) atoms. The molecule has 1 aliphatic carbocycles. The molecule has 2 fully saturated rings. The van der Waals surface area contributed by atoms with E-state index in [2.05, 4.69) is 17.0 Å². The van der Waals surface area contributed by atoms with Gasteiger partial charge in [-0.25, -0.2) is 0 Å². The molecule has 0 amide bonds. The molecule has 2 atom stereocenters. The normalized spacial score (nSPS) is 30.9. The fourth-order valence-corrected chi connectivity index (χ4v) is 5.37. The molecule has 2 heterocycles. The molecule has 0 bridgehead atoms. The Morgan fingerprint density at radius 1 is 1.00 bits per heavy atom. The largest absolute Gasteiger partial charge is 0.493 e. The molecule has 120 valence electrons. The molecule has 1 spiro atoms. The van der Waals surface area contributed by atoms with Crippen LogP contribution in [0.25, 0.3) is 0 Å². The van der Waals surface area contributed by atoms with E-state index in [0.717, 1.165) is 17.4 Å². The quantitative estimate of drug-likeness (QED) is 0.830. The zero-order chi connectivity index (χ0) is 15.2. The van der Waals surface area contributed by atoms with E-state index in [1.54, 1.807) is 19.8 Å². The van der Waals surface area contributed by atoms with E-state index in [-0.39, 0.29) is 5.54 Å². The van der Waals surface area contributed by atoms with Crippen molar-refractivity contribution in [2.75, 3.05) is 27.3 Å². The number of fused-ring (bicyclic) bond motifs is 1. The van der Waals surface area contributed by atoms with Crippen molar-refractivity contribution in [3.05, 3.63) is 23.3 Å². The summed E-state index contributed by atoms with van der Waals surface area (Å²) in [6.07, 6.45) is 9.28. The maximum absolute atomic E-state index is 5.62. The Bertz CT molecular complexity index is 571. The van der Waals surface area contributed by atoms with Crippen molar-refractivity contribution in [2.24, 2.45) is 5.92 Å². The first-order valence-corrected chi connectivity index (χ1v) is 8.80. The first-order chi connectivity index (χ1) is 10.8. The Kier molecular flexibility index (Phi) is 3.56. The van der Waals surface area contributed by atoms with E-state index in [1.165, 1.54) is 63.6 Å². The van der Waals surface area contributed by atoms with Gasteiger partial charge < -0.3 is 9.47 Å². The number of rotatable bonds is 2. The van der Waals surface area contributed by atoms with Crippen molar-refractivity contribution in [3.8, 4) is 11.5 Å². The molecule has 3 aliphatic rings. The van der Waals surface area contributed by atoms with Crippen molar-refractivity contribution in [1.29, 1.82) is 0 Å². The smallest absolute Gasteiger partial charge is 0.161 e. The summed E-state index contributed by atoms with van der Waals surface area (Å²) >= 11 is 0. The molecule has 1 saturated carbocycles. The van der Waals surface area contributed by atoms with Gasteiger partial charge in [0.05, 0.1) is 14.2 Å². The van der Waals surface area contributed by atoms with Crippen LogP contribution in [0, 0.1) is 5.92 Å². The third kappa shape index (κ3) is 1.91. The van der Waals surface area contributed by atoms with Gasteiger partial charge in [0, 0.05) is 5.54 Å². The Morgan fingerprint density at radius 2 is 1.82 bits per heavy atom. The molecule has 0 N–H and O–H groups in total. The van der Waals surface area contributed by atoms with Gasteiger partial charge >= 0.3 is 0 Å². The second-order valence-electron chi connectivity index (χ2n) is 7.11. The van der Waals surface area contributed by atoms with Crippen molar-refractivity contribution >= 4 is 0 Å².